The van der Waals surface area contributed by atoms with Crippen LogP contribution in [0.4, 0.5) is 0 Å². The fourth-order valence-electron chi connectivity index (χ4n) is 4.29. The van der Waals surface area contributed by atoms with Gasteiger partial charge in [0.1, 0.15) is 6.61 Å². The van der Waals surface area contributed by atoms with E-state index in [1.807, 2.05) is 13.8 Å². The quantitative estimate of drug-likeness (QED) is 0.127. The largest absolute Gasteiger partial charge is 0.463 e. The molecule has 0 aliphatic carbocycles. The first-order valence-corrected chi connectivity index (χ1v) is 15.2. The lowest BCUT2D eigenvalue weighted by molar-refractivity contribution is -0.247. The molecule has 1 rings (SSSR count). The van der Waals surface area contributed by atoms with E-state index in [9.17, 15) is 9.59 Å². The average Bonchev–Trinajstić information content (AvgIpc) is 2.87. The van der Waals surface area contributed by atoms with Crippen LogP contribution in [0.3, 0.4) is 0 Å². The number of nitrogens with one attached hydrogen (secondary N) is 1. The van der Waals surface area contributed by atoms with Crippen molar-refractivity contribution >= 4 is 20.4 Å². The number of hydrogen-bond acceptors (Lipinski definition) is 11. The number of carbonyl (C=O) groups is 2. The van der Waals surface area contributed by atoms with E-state index >= 15 is 0 Å². The number of amides is 1. The summed E-state index contributed by atoms with van der Waals surface area (Å²) in [6.45, 7) is 17.8. The summed E-state index contributed by atoms with van der Waals surface area (Å²) < 4.78 is 42.4. The van der Waals surface area contributed by atoms with Gasteiger partial charge in [-0.2, -0.15) is 5.26 Å². The lowest BCUT2D eigenvalue weighted by atomic mass is 9.82. The Labute approximate surface area is 241 Å². The minimum Gasteiger partial charge on any atom is -0.463 e. The molecule has 13 heteroatoms. The van der Waals surface area contributed by atoms with Crippen molar-refractivity contribution in [3.05, 3.63) is 0 Å². The van der Waals surface area contributed by atoms with Crippen LogP contribution in [-0.4, -0.2) is 99.9 Å². The monoisotopic (exact) mass is 591 g/mol. The molecule has 1 aliphatic rings. The van der Waals surface area contributed by atoms with Crippen molar-refractivity contribution in [2.24, 2.45) is 11.8 Å². The Hall–Kier alpha value is -1.42. The summed E-state index contributed by atoms with van der Waals surface area (Å²) >= 11 is 0. The zero-order valence-corrected chi connectivity index (χ0v) is 26.3. The second-order valence-electron chi connectivity index (χ2n) is 10.3. The van der Waals surface area contributed by atoms with Crippen molar-refractivity contribution in [1.82, 2.24) is 9.99 Å². The Bertz CT molecular complexity index is 758. The van der Waals surface area contributed by atoms with Gasteiger partial charge < -0.3 is 38.0 Å². The molecule has 6 atom stereocenters. The molecule has 0 bridgehead atoms. The molecule has 1 N–H and O–H groups in total. The number of esters is 1. The van der Waals surface area contributed by atoms with Crippen molar-refractivity contribution < 1.29 is 42.3 Å². The first-order valence-electron chi connectivity index (χ1n) is 14.0. The van der Waals surface area contributed by atoms with Gasteiger partial charge in [-0.3, -0.25) is 9.59 Å². The minimum absolute atomic E-state index is 0.0469. The number of nitriles is 1. The van der Waals surface area contributed by atoms with E-state index < -0.39 is 14.8 Å². The van der Waals surface area contributed by atoms with Crippen molar-refractivity contribution in [3.63, 3.8) is 0 Å². The molecule has 232 valence electrons. The molecule has 12 nitrogen and oxygen atoms in total. The highest BCUT2D eigenvalue weighted by atomic mass is 31.2. The first-order chi connectivity index (χ1) is 19.0. The normalized spacial score (nSPS) is 23.8. The SMILES string of the molecule is CC(=O)NC1[C@H](OCCOCCOCCOP(OCCC#N)N(C(C)C)C(C)C)OC(COC(C)=O)[C@@H](C)[C@@H]1C. The maximum absolute atomic E-state index is 11.8. The van der Waals surface area contributed by atoms with E-state index in [0.717, 1.165) is 0 Å². The Morgan fingerprint density at radius 3 is 2.05 bits per heavy atom. The number of ether oxygens (including phenoxy) is 5. The second kappa shape index (κ2) is 20.5. The molecule has 1 aliphatic heterocycles. The van der Waals surface area contributed by atoms with Crippen LogP contribution >= 0.6 is 8.53 Å². The molecule has 1 saturated heterocycles. The summed E-state index contributed by atoms with van der Waals surface area (Å²) in [7, 11) is -1.29. The van der Waals surface area contributed by atoms with Gasteiger partial charge in [0.05, 0.1) is 70.9 Å². The third-order valence-electron chi connectivity index (χ3n) is 6.38. The van der Waals surface area contributed by atoms with Crippen LogP contribution < -0.4 is 5.32 Å². The highest BCUT2D eigenvalue weighted by Crippen LogP contribution is 2.45. The van der Waals surface area contributed by atoms with Crippen LogP contribution in [0.5, 0.6) is 0 Å². The van der Waals surface area contributed by atoms with Crippen molar-refractivity contribution in [2.45, 2.75) is 92.3 Å². The standard InChI is InChI=1S/C27H50N3O9P/c1-19(2)30(20(3)4)40(37-11-9-10-28)38-17-15-34-13-12-33-14-16-35-27-26(29-23(7)31)22(6)21(5)25(39-27)18-36-24(8)32/h19-22,25-27H,9,11-18H2,1-8H3,(H,29,31)/t21-,22-,25?,26?,27+,40?/m0/s1. The maximum atomic E-state index is 11.8. The van der Waals surface area contributed by atoms with E-state index in [0.29, 0.717) is 46.1 Å². The van der Waals surface area contributed by atoms with E-state index in [1.54, 1.807) is 0 Å². The molecular weight excluding hydrogens is 541 g/mol. The number of hydrogen-bond donors (Lipinski definition) is 1. The van der Waals surface area contributed by atoms with Gasteiger partial charge in [0.2, 0.25) is 5.91 Å². The van der Waals surface area contributed by atoms with Gasteiger partial charge in [-0.05, 0) is 39.5 Å². The Morgan fingerprint density at radius 2 is 1.50 bits per heavy atom. The smallest absolute Gasteiger partial charge is 0.302 e. The molecule has 0 aromatic rings. The molecular formula is C27H50N3O9P. The third kappa shape index (κ3) is 14.0. The van der Waals surface area contributed by atoms with Gasteiger partial charge in [-0.25, -0.2) is 4.67 Å². The Balaban J connectivity index is 2.37. The van der Waals surface area contributed by atoms with E-state index in [-0.39, 0.29) is 61.2 Å². The molecule has 3 unspecified atom stereocenters. The predicted octanol–water partition coefficient (Wildman–Crippen LogP) is 3.39. The number of carbonyl (C=O) groups excluding carboxylic acids is 2. The maximum Gasteiger partial charge on any atom is 0.302 e. The summed E-state index contributed by atoms with van der Waals surface area (Å²) in [6, 6.07) is 2.24. The van der Waals surface area contributed by atoms with Crippen LogP contribution in [0, 0.1) is 23.2 Å². The molecule has 1 amide bonds. The van der Waals surface area contributed by atoms with Crippen molar-refractivity contribution in [2.75, 3.05) is 52.9 Å². The molecule has 1 heterocycles. The Kier molecular flexibility index (Phi) is 18.7. The van der Waals surface area contributed by atoms with Gasteiger partial charge in [0.25, 0.3) is 8.53 Å². The van der Waals surface area contributed by atoms with E-state index in [2.05, 4.69) is 43.8 Å². The summed E-state index contributed by atoms with van der Waals surface area (Å²) in [5.74, 6) is -0.442. The van der Waals surface area contributed by atoms with Crippen molar-refractivity contribution in [1.29, 1.82) is 5.26 Å². The lowest BCUT2D eigenvalue weighted by Gasteiger charge is -2.44. The molecule has 1 fully saturated rings. The molecule has 0 saturated carbocycles. The minimum atomic E-state index is -1.29. The molecule has 0 radical (unpaired) electrons. The van der Waals surface area contributed by atoms with Gasteiger partial charge >= 0.3 is 5.97 Å². The predicted molar refractivity (Wildman–Crippen MR) is 150 cm³/mol. The van der Waals surface area contributed by atoms with Gasteiger partial charge in [0.15, 0.2) is 6.29 Å². The van der Waals surface area contributed by atoms with Gasteiger partial charge in [0, 0.05) is 25.9 Å². The average molecular weight is 592 g/mol. The highest BCUT2D eigenvalue weighted by Gasteiger charge is 2.43. The Morgan fingerprint density at radius 1 is 0.925 bits per heavy atom. The molecule has 40 heavy (non-hydrogen) atoms. The van der Waals surface area contributed by atoms with Crippen LogP contribution in [-0.2, 0) is 42.3 Å². The lowest BCUT2D eigenvalue weighted by Crippen LogP contribution is -2.58. The highest BCUT2D eigenvalue weighted by molar-refractivity contribution is 7.44. The van der Waals surface area contributed by atoms with E-state index in [1.165, 1.54) is 13.8 Å². The second-order valence-corrected chi connectivity index (χ2v) is 11.7. The summed E-state index contributed by atoms with van der Waals surface area (Å²) in [5, 5.41) is 11.7. The zero-order valence-electron chi connectivity index (χ0n) is 25.4. The van der Waals surface area contributed by atoms with Crippen molar-refractivity contribution in [3.8, 4) is 6.07 Å². The van der Waals surface area contributed by atoms with E-state index in [4.69, 9.17) is 38.0 Å². The summed E-state index contributed by atoms with van der Waals surface area (Å²) in [5.41, 5.74) is 0. The fourth-order valence-corrected chi connectivity index (χ4v) is 5.87. The number of nitrogens with zero attached hydrogens (tertiary/aromatic N) is 2. The van der Waals surface area contributed by atoms with Gasteiger partial charge in [-0.1, -0.05) is 13.8 Å². The van der Waals surface area contributed by atoms with Crippen LogP contribution in [0.1, 0.15) is 61.8 Å². The number of rotatable bonds is 20. The third-order valence-corrected chi connectivity index (χ3v) is 8.49. The summed E-state index contributed by atoms with van der Waals surface area (Å²) in [6.07, 6.45) is -0.706. The molecule has 0 aromatic carbocycles. The van der Waals surface area contributed by atoms with Crippen LogP contribution in [0.2, 0.25) is 0 Å². The van der Waals surface area contributed by atoms with Crippen LogP contribution in [0.25, 0.3) is 0 Å². The zero-order chi connectivity index (χ0) is 30.1. The van der Waals surface area contributed by atoms with Crippen LogP contribution in [0.15, 0.2) is 0 Å². The molecule has 0 aromatic heterocycles. The topological polar surface area (TPSA) is 138 Å². The first kappa shape index (κ1) is 36.6. The fraction of sp³-hybridized carbons (Fsp3) is 0.889. The van der Waals surface area contributed by atoms with Gasteiger partial charge in [-0.15, -0.1) is 0 Å². The molecule has 0 spiro atoms. The summed E-state index contributed by atoms with van der Waals surface area (Å²) in [4.78, 5) is 23.0.